The molecule has 114 valence electrons. The van der Waals surface area contributed by atoms with Crippen molar-refractivity contribution < 1.29 is 24.5 Å². The number of aliphatic hydroxyl groups is 2. The zero-order chi connectivity index (χ0) is 15.1. The van der Waals surface area contributed by atoms with Crippen LogP contribution in [-0.2, 0) is 4.74 Å². The quantitative estimate of drug-likeness (QED) is 0.596. The van der Waals surface area contributed by atoms with Gasteiger partial charge in [-0.3, -0.25) is 10.7 Å². The molecule has 1 unspecified atom stereocenters. The van der Waals surface area contributed by atoms with Gasteiger partial charge in [-0.15, -0.1) is 0 Å². The van der Waals surface area contributed by atoms with Crippen molar-refractivity contribution in [3.63, 3.8) is 0 Å². The molecule has 0 spiro atoms. The SMILES string of the molecule is Cc1nc(NO)c2ccn([C@@H]3O[C@H](CO)C(O)[C@H]3F)c2n1. The van der Waals surface area contributed by atoms with Crippen LogP contribution in [0.1, 0.15) is 12.1 Å². The molecule has 1 saturated heterocycles. The summed E-state index contributed by atoms with van der Waals surface area (Å²) in [5.74, 6) is 0.579. The molecule has 0 bridgehead atoms. The zero-order valence-corrected chi connectivity index (χ0v) is 11.1. The van der Waals surface area contributed by atoms with Crippen LogP contribution in [0.25, 0.3) is 11.0 Å². The minimum absolute atomic E-state index is 0.198. The fraction of sp³-hybridized carbons (Fsp3) is 0.500. The predicted octanol–water partition coefficient (Wildman–Crippen LogP) is 0.130. The van der Waals surface area contributed by atoms with E-state index in [0.717, 1.165) is 0 Å². The number of fused-ring (bicyclic) bond motifs is 1. The van der Waals surface area contributed by atoms with Gasteiger partial charge in [-0.1, -0.05) is 0 Å². The van der Waals surface area contributed by atoms with E-state index < -0.39 is 31.2 Å². The van der Waals surface area contributed by atoms with E-state index in [-0.39, 0.29) is 5.82 Å². The van der Waals surface area contributed by atoms with Crippen molar-refractivity contribution in [3.8, 4) is 0 Å². The van der Waals surface area contributed by atoms with E-state index in [1.54, 1.807) is 13.0 Å². The van der Waals surface area contributed by atoms with E-state index in [0.29, 0.717) is 16.9 Å². The molecule has 8 nitrogen and oxygen atoms in total. The summed E-state index contributed by atoms with van der Waals surface area (Å²) in [4.78, 5) is 8.22. The second-order valence-corrected chi connectivity index (χ2v) is 4.87. The normalized spacial score (nSPS) is 29.2. The molecule has 0 aliphatic carbocycles. The zero-order valence-electron chi connectivity index (χ0n) is 11.1. The summed E-state index contributed by atoms with van der Waals surface area (Å²) >= 11 is 0. The molecule has 3 heterocycles. The number of aliphatic hydroxyl groups excluding tert-OH is 2. The number of anilines is 1. The van der Waals surface area contributed by atoms with Crippen molar-refractivity contribution in [1.29, 1.82) is 0 Å². The topological polar surface area (TPSA) is 113 Å². The summed E-state index contributed by atoms with van der Waals surface area (Å²) in [6.07, 6.45) is -3.66. The number of halogens is 1. The lowest BCUT2D eigenvalue weighted by atomic mass is 10.1. The third-order valence-electron chi connectivity index (χ3n) is 3.54. The van der Waals surface area contributed by atoms with Gasteiger partial charge in [0.1, 0.15) is 23.7 Å². The maximum Gasteiger partial charge on any atom is 0.173 e. The molecular weight excluding hydrogens is 283 g/mol. The molecule has 2 aromatic rings. The van der Waals surface area contributed by atoms with E-state index in [1.165, 1.54) is 10.8 Å². The van der Waals surface area contributed by atoms with Gasteiger partial charge in [0.2, 0.25) is 0 Å². The minimum atomic E-state index is -1.70. The molecule has 0 radical (unpaired) electrons. The summed E-state index contributed by atoms with van der Waals surface area (Å²) in [6.45, 7) is 1.15. The fourth-order valence-corrected chi connectivity index (χ4v) is 2.51. The van der Waals surface area contributed by atoms with Crippen molar-refractivity contribution in [1.82, 2.24) is 14.5 Å². The Morgan fingerprint density at radius 3 is 2.86 bits per heavy atom. The fourth-order valence-electron chi connectivity index (χ4n) is 2.51. The second kappa shape index (κ2) is 5.19. The van der Waals surface area contributed by atoms with Crippen LogP contribution in [0.3, 0.4) is 0 Å². The number of aromatic nitrogens is 3. The Hall–Kier alpha value is -1.81. The first-order chi connectivity index (χ1) is 10.1. The molecule has 0 amide bonds. The smallest absolute Gasteiger partial charge is 0.173 e. The lowest BCUT2D eigenvalue weighted by molar-refractivity contribution is -0.0457. The maximum atomic E-state index is 14.2. The van der Waals surface area contributed by atoms with Gasteiger partial charge in [-0.2, -0.15) is 0 Å². The lowest BCUT2D eigenvalue weighted by Crippen LogP contribution is -2.30. The van der Waals surface area contributed by atoms with Gasteiger partial charge in [0.15, 0.2) is 18.2 Å². The van der Waals surface area contributed by atoms with Crippen molar-refractivity contribution in [2.45, 2.75) is 31.5 Å². The summed E-state index contributed by atoms with van der Waals surface area (Å²) in [5.41, 5.74) is 2.33. The first-order valence-corrected chi connectivity index (χ1v) is 6.40. The predicted molar refractivity (Wildman–Crippen MR) is 69.6 cm³/mol. The molecule has 1 aliphatic heterocycles. The third kappa shape index (κ3) is 2.14. The largest absolute Gasteiger partial charge is 0.394 e. The third-order valence-corrected chi connectivity index (χ3v) is 3.54. The summed E-state index contributed by atoms with van der Waals surface area (Å²) in [6, 6.07) is 1.60. The molecule has 0 saturated carbocycles. The maximum absolute atomic E-state index is 14.2. The molecule has 4 N–H and O–H groups in total. The van der Waals surface area contributed by atoms with Crippen LogP contribution in [0, 0.1) is 6.92 Å². The number of hydrogen-bond acceptors (Lipinski definition) is 7. The highest BCUT2D eigenvalue weighted by atomic mass is 19.1. The van der Waals surface area contributed by atoms with E-state index in [1.807, 2.05) is 5.48 Å². The second-order valence-electron chi connectivity index (χ2n) is 4.87. The van der Waals surface area contributed by atoms with E-state index >= 15 is 0 Å². The monoisotopic (exact) mass is 298 g/mol. The molecule has 4 atom stereocenters. The summed E-state index contributed by atoms with van der Waals surface area (Å²) < 4.78 is 20.9. The number of ether oxygens (including phenoxy) is 1. The van der Waals surface area contributed by atoms with E-state index in [4.69, 9.17) is 15.1 Å². The van der Waals surface area contributed by atoms with Crippen molar-refractivity contribution >= 4 is 16.9 Å². The van der Waals surface area contributed by atoms with Gasteiger partial charge in [0, 0.05) is 6.20 Å². The minimum Gasteiger partial charge on any atom is -0.394 e. The summed E-state index contributed by atoms with van der Waals surface area (Å²) in [7, 11) is 0. The van der Waals surface area contributed by atoms with Crippen LogP contribution in [0.5, 0.6) is 0 Å². The lowest BCUT2D eigenvalue weighted by Gasteiger charge is -2.16. The number of nitrogens with zero attached hydrogens (tertiary/aromatic N) is 3. The molecular formula is C12H15FN4O4. The average molecular weight is 298 g/mol. The van der Waals surface area contributed by atoms with E-state index in [2.05, 4.69) is 9.97 Å². The highest BCUT2D eigenvalue weighted by molar-refractivity contribution is 5.87. The van der Waals surface area contributed by atoms with Crippen LogP contribution in [0.15, 0.2) is 12.3 Å². The number of rotatable bonds is 3. The standard InChI is InChI=1S/C12H15FN4O4/c1-5-14-10(16-20)6-2-3-17(11(6)15-5)12-8(13)9(19)7(4-18)21-12/h2-3,7-9,12,18-20H,4H2,1H3,(H,14,15,16)/t7-,8-,9?,12-/m1/s1. The Kier molecular flexibility index (Phi) is 3.49. The van der Waals surface area contributed by atoms with Crippen LogP contribution in [-0.4, -0.2) is 54.9 Å². The van der Waals surface area contributed by atoms with Crippen LogP contribution >= 0.6 is 0 Å². The molecule has 9 heteroatoms. The molecule has 1 aliphatic rings. The van der Waals surface area contributed by atoms with Crippen molar-refractivity contribution in [2.24, 2.45) is 0 Å². The van der Waals surface area contributed by atoms with Gasteiger partial charge < -0.3 is 19.5 Å². The van der Waals surface area contributed by atoms with Crippen LogP contribution in [0.4, 0.5) is 10.2 Å². The van der Waals surface area contributed by atoms with E-state index in [9.17, 15) is 9.50 Å². The molecule has 1 fully saturated rings. The van der Waals surface area contributed by atoms with Crippen molar-refractivity contribution in [3.05, 3.63) is 18.1 Å². The highest BCUT2D eigenvalue weighted by Gasteiger charge is 2.45. The van der Waals surface area contributed by atoms with Crippen molar-refractivity contribution in [2.75, 3.05) is 12.1 Å². The first-order valence-electron chi connectivity index (χ1n) is 6.40. The van der Waals surface area contributed by atoms with Gasteiger partial charge in [-0.05, 0) is 13.0 Å². The Bertz CT molecular complexity index is 664. The summed E-state index contributed by atoms with van der Waals surface area (Å²) in [5, 5.41) is 28.3. The number of aryl methyl sites for hydroxylation is 1. The van der Waals surface area contributed by atoms with Gasteiger partial charge in [0.05, 0.1) is 12.0 Å². The first kappa shape index (κ1) is 14.1. The molecule has 21 heavy (non-hydrogen) atoms. The molecule has 0 aromatic carbocycles. The highest BCUT2D eigenvalue weighted by Crippen LogP contribution is 2.34. The Morgan fingerprint density at radius 2 is 2.24 bits per heavy atom. The Labute approximate surface area is 118 Å². The average Bonchev–Trinajstić information content (AvgIpc) is 3.01. The van der Waals surface area contributed by atoms with Crippen LogP contribution in [0.2, 0.25) is 0 Å². The Balaban J connectivity index is 2.07. The van der Waals surface area contributed by atoms with Gasteiger partial charge >= 0.3 is 0 Å². The number of alkyl halides is 1. The van der Waals surface area contributed by atoms with Gasteiger partial charge in [0.25, 0.3) is 0 Å². The van der Waals surface area contributed by atoms with Crippen LogP contribution < -0.4 is 5.48 Å². The number of nitrogens with one attached hydrogen (secondary N) is 1. The van der Waals surface area contributed by atoms with Gasteiger partial charge in [-0.25, -0.2) is 14.4 Å². The number of hydrogen-bond donors (Lipinski definition) is 4. The Morgan fingerprint density at radius 1 is 1.48 bits per heavy atom. The molecule has 2 aromatic heterocycles. The molecule has 3 rings (SSSR count).